The summed E-state index contributed by atoms with van der Waals surface area (Å²) >= 11 is 5.96. The molecular weight excluding hydrogens is 212 g/mol. The second kappa shape index (κ2) is 4.94. The Labute approximate surface area is 94.2 Å². The van der Waals surface area contributed by atoms with Gasteiger partial charge in [-0.1, -0.05) is 11.6 Å². The molecule has 0 aliphatic rings. The minimum atomic E-state index is 0.451. The number of carbonyl (C=O) groups excluding carboxylic acids is 1. The molecule has 0 radical (unpaired) electrons. The van der Waals surface area contributed by atoms with E-state index in [1.807, 2.05) is 13.0 Å². The smallest absolute Gasteiger partial charge is 0.145 e. The van der Waals surface area contributed by atoms with Crippen LogP contribution in [0, 0.1) is 6.92 Å². The van der Waals surface area contributed by atoms with Crippen LogP contribution in [0.3, 0.4) is 0 Å². The zero-order chi connectivity index (χ0) is 11.4. The van der Waals surface area contributed by atoms with Gasteiger partial charge in [-0.25, -0.2) is 4.98 Å². The van der Waals surface area contributed by atoms with Crippen LogP contribution >= 0.6 is 11.6 Å². The molecule has 0 aromatic carbocycles. The first-order chi connectivity index (χ1) is 7.08. The molecule has 80 valence electrons. The van der Waals surface area contributed by atoms with E-state index in [0.717, 1.165) is 17.4 Å². The lowest BCUT2D eigenvalue weighted by atomic mass is 10.1. The van der Waals surface area contributed by atoms with Gasteiger partial charge in [0.25, 0.3) is 0 Å². The molecule has 0 bridgehead atoms. The number of rotatable bonds is 3. The van der Waals surface area contributed by atoms with Crippen LogP contribution in [0.2, 0.25) is 5.15 Å². The van der Waals surface area contributed by atoms with Crippen molar-refractivity contribution in [2.24, 2.45) is 0 Å². The normalized spacial score (nSPS) is 11.3. The van der Waals surface area contributed by atoms with Crippen LogP contribution in [0.1, 0.15) is 18.1 Å². The molecule has 0 unspecified atom stereocenters. The average molecular weight is 225 g/mol. The number of halogens is 1. The summed E-state index contributed by atoms with van der Waals surface area (Å²) in [7, 11) is 1.77. The van der Waals surface area contributed by atoms with E-state index in [2.05, 4.69) is 10.3 Å². The summed E-state index contributed by atoms with van der Waals surface area (Å²) in [6.45, 7) is 3.62. The van der Waals surface area contributed by atoms with Gasteiger partial charge in [0.2, 0.25) is 0 Å². The maximum absolute atomic E-state index is 10.5. The van der Waals surface area contributed by atoms with Crippen molar-refractivity contribution in [2.75, 3.05) is 12.4 Å². The van der Waals surface area contributed by atoms with Crippen molar-refractivity contribution in [3.63, 3.8) is 0 Å². The van der Waals surface area contributed by atoms with Crippen LogP contribution in [0.4, 0.5) is 5.82 Å². The third-order valence-corrected chi connectivity index (χ3v) is 2.45. The summed E-state index contributed by atoms with van der Waals surface area (Å²) < 4.78 is 0. The van der Waals surface area contributed by atoms with Crippen molar-refractivity contribution in [2.45, 2.75) is 13.8 Å². The monoisotopic (exact) mass is 224 g/mol. The fraction of sp³-hybridized carbons (Fsp3) is 0.273. The number of hydrogen-bond donors (Lipinski definition) is 1. The molecule has 1 aromatic heterocycles. The Bertz CT molecular complexity index is 413. The highest BCUT2D eigenvalue weighted by Gasteiger charge is 2.04. The lowest BCUT2D eigenvalue weighted by molar-refractivity contribution is -0.104. The molecule has 0 aliphatic heterocycles. The summed E-state index contributed by atoms with van der Waals surface area (Å²) in [6, 6.07) is 1.86. The maximum atomic E-state index is 10.5. The minimum absolute atomic E-state index is 0.451. The van der Waals surface area contributed by atoms with Crippen LogP contribution < -0.4 is 5.32 Å². The van der Waals surface area contributed by atoms with E-state index in [0.29, 0.717) is 16.5 Å². The SMILES string of the molecule is CNc1cc(/C=C(/C)C=O)c(C)c(Cl)n1. The molecule has 0 spiro atoms. The van der Waals surface area contributed by atoms with E-state index in [1.54, 1.807) is 20.0 Å². The van der Waals surface area contributed by atoms with E-state index in [4.69, 9.17) is 11.6 Å². The summed E-state index contributed by atoms with van der Waals surface area (Å²) in [4.78, 5) is 14.6. The summed E-state index contributed by atoms with van der Waals surface area (Å²) in [5, 5.41) is 3.36. The zero-order valence-electron chi connectivity index (χ0n) is 8.97. The van der Waals surface area contributed by atoms with Gasteiger partial charge in [0.15, 0.2) is 0 Å². The predicted molar refractivity (Wildman–Crippen MR) is 63.2 cm³/mol. The van der Waals surface area contributed by atoms with Crippen molar-refractivity contribution in [1.29, 1.82) is 0 Å². The maximum Gasteiger partial charge on any atom is 0.145 e. The van der Waals surface area contributed by atoms with Crippen LogP contribution in [0.25, 0.3) is 6.08 Å². The molecule has 1 heterocycles. The second-order valence-corrected chi connectivity index (χ2v) is 3.63. The van der Waals surface area contributed by atoms with Crippen LogP contribution in [0.15, 0.2) is 11.6 Å². The number of nitrogens with zero attached hydrogens (tertiary/aromatic N) is 1. The number of anilines is 1. The van der Waals surface area contributed by atoms with Crippen molar-refractivity contribution >= 4 is 29.8 Å². The van der Waals surface area contributed by atoms with Gasteiger partial charge >= 0.3 is 0 Å². The quantitative estimate of drug-likeness (QED) is 0.488. The molecule has 1 rings (SSSR count). The highest BCUT2D eigenvalue weighted by molar-refractivity contribution is 6.30. The molecule has 0 amide bonds. The summed E-state index contributed by atoms with van der Waals surface area (Å²) in [5.74, 6) is 0.690. The third-order valence-electron chi connectivity index (χ3n) is 2.08. The number of carbonyl (C=O) groups is 1. The summed E-state index contributed by atoms with van der Waals surface area (Å²) in [5.41, 5.74) is 2.43. The van der Waals surface area contributed by atoms with Gasteiger partial charge in [-0.15, -0.1) is 0 Å². The third kappa shape index (κ3) is 2.80. The molecule has 0 saturated heterocycles. The van der Waals surface area contributed by atoms with Gasteiger partial charge in [-0.05, 0) is 42.7 Å². The molecule has 1 aromatic rings. The molecule has 3 nitrogen and oxygen atoms in total. The number of aromatic nitrogens is 1. The fourth-order valence-corrected chi connectivity index (χ4v) is 1.35. The van der Waals surface area contributed by atoms with E-state index in [9.17, 15) is 4.79 Å². The Morgan fingerprint density at radius 3 is 2.80 bits per heavy atom. The first kappa shape index (κ1) is 11.7. The Kier molecular flexibility index (Phi) is 3.86. The topological polar surface area (TPSA) is 42.0 Å². The zero-order valence-corrected chi connectivity index (χ0v) is 9.72. The van der Waals surface area contributed by atoms with E-state index < -0.39 is 0 Å². The molecule has 0 atom stereocenters. The van der Waals surface area contributed by atoms with Crippen LogP contribution in [-0.4, -0.2) is 18.3 Å². The number of aldehydes is 1. The Morgan fingerprint density at radius 1 is 1.60 bits per heavy atom. The minimum Gasteiger partial charge on any atom is -0.373 e. The van der Waals surface area contributed by atoms with Gasteiger partial charge in [-0.2, -0.15) is 0 Å². The number of pyridine rings is 1. The molecule has 1 N–H and O–H groups in total. The molecule has 4 heteroatoms. The molecular formula is C11H13ClN2O. The van der Waals surface area contributed by atoms with Crippen LogP contribution in [-0.2, 0) is 4.79 Å². The first-order valence-corrected chi connectivity index (χ1v) is 4.94. The highest BCUT2D eigenvalue weighted by atomic mass is 35.5. The lowest BCUT2D eigenvalue weighted by Gasteiger charge is -2.06. The van der Waals surface area contributed by atoms with Crippen LogP contribution in [0.5, 0.6) is 0 Å². The molecule has 0 saturated carbocycles. The number of nitrogens with one attached hydrogen (secondary N) is 1. The van der Waals surface area contributed by atoms with E-state index >= 15 is 0 Å². The van der Waals surface area contributed by atoms with Gasteiger partial charge in [0.1, 0.15) is 17.3 Å². The van der Waals surface area contributed by atoms with Crippen molar-refractivity contribution < 1.29 is 4.79 Å². The van der Waals surface area contributed by atoms with Gasteiger partial charge in [0, 0.05) is 7.05 Å². The van der Waals surface area contributed by atoms with Gasteiger partial charge < -0.3 is 5.32 Å². The van der Waals surface area contributed by atoms with E-state index in [-0.39, 0.29) is 0 Å². The molecule has 15 heavy (non-hydrogen) atoms. The van der Waals surface area contributed by atoms with Gasteiger partial charge in [-0.3, -0.25) is 4.79 Å². The Balaban J connectivity index is 3.27. The number of hydrogen-bond acceptors (Lipinski definition) is 3. The van der Waals surface area contributed by atoms with Crippen molar-refractivity contribution in [1.82, 2.24) is 4.98 Å². The second-order valence-electron chi connectivity index (χ2n) is 3.27. The van der Waals surface area contributed by atoms with Crippen molar-refractivity contribution in [3.8, 4) is 0 Å². The predicted octanol–water partition coefficient (Wildman–Crippen LogP) is 2.69. The Morgan fingerprint density at radius 2 is 2.27 bits per heavy atom. The summed E-state index contributed by atoms with van der Waals surface area (Å²) in [6.07, 6.45) is 2.60. The van der Waals surface area contributed by atoms with E-state index in [1.165, 1.54) is 0 Å². The van der Waals surface area contributed by atoms with Gasteiger partial charge in [0.05, 0.1) is 0 Å². The Hall–Kier alpha value is -1.35. The molecule has 0 aliphatic carbocycles. The fourth-order valence-electron chi connectivity index (χ4n) is 1.15. The largest absolute Gasteiger partial charge is 0.373 e. The highest BCUT2D eigenvalue weighted by Crippen LogP contribution is 2.22. The standard InChI is InChI=1S/C11H13ClN2O/c1-7(6-15)4-9-5-10(13-3)14-11(12)8(9)2/h4-6H,1-3H3,(H,13,14)/b7-4-. The van der Waals surface area contributed by atoms with Crippen molar-refractivity contribution in [3.05, 3.63) is 27.9 Å². The number of allylic oxidation sites excluding steroid dienone is 1. The average Bonchev–Trinajstić information content (AvgIpc) is 2.24. The lowest BCUT2D eigenvalue weighted by Crippen LogP contribution is -1.96. The molecule has 0 fully saturated rings. The first-order valence-electron chi connectivity index (χ1n) is 4.57.